The second-order valence-corrected chi connectivity index (χ2v) is 3.90. The lowest BCUT2D eigenvalue weighted by atomic mass is 10.2. The van der Waals surface area contributed by atoms with Crippen LogP contribution in [-0.2, 0) is 0 Å². The molecule has 0 unspecified atom stereocenters. The van der Waals surface area contributed by atoms with Crippen LogP contribution in [0.4, 0.5) is 0 Å². The molecule has 1 amide bonds. The first kappa shape index (κ1) is 13.4. The third kappa shape index (κ3) is 4.40. The smallest absolute Gasteiger partial charge is 0.267 e. The number of aromatic nitrogens is 1. The Bertz CT molecular complexity index is 385. The van der Waals surface area contributed by atoms with Crippen molar-refractivity contribution < 1.29 is 14.7 Å². The molecule has 0 aliphatic rings. The fourth-order valence-electron chi connectivity index (χ4n) is 1.44. The topological polar surface area (TPSA) is 82.2 Å². The summed E-state index contributed by atoms with van der Waals surface area (Å²) in [5.74, 6) is -0.273. The van der Waals surface area contributed by atoms with Crippen molar-refractivity contribution in [2.45, 2.75) is 26.2 Å². The lowest BCUT2D eigenvalue weighted by molar-refractivity contribution is 0.0948. The highest BCUT2D eigenvalue weighted by atomic mass is 16.2. The van der Waals surface area contributed by atoms with Gasteiger partial charge < -0.3 is 15.4 Å². The maximum absolute atomic E-state index is 11.6. The molecule has 3 N–H and O–H groups in total. The van der Waals surface area contributed by atoms with Gasteiger partial charge in [-0.05, 0) is 32.3 Å². The van der Waals surface area contributed by atoms with Gasteiger partial charge in [-0.25, -0.2) is 0 Å². The average molecular weight is 238 g/mol. The van der Waals surface area contributed by atoms with Crippen LogP contribution in [0.1, 0.15) is 47.0 Å². The third-order valence-electron chi connectivity index (χ3n) is 2.45. The molecule has 1 rings (SSSR count). The quantitative estimate of drug-likeness (QED) is 0.491. The van der Waals surface area contributed by atoms with E-state index in [4.69, 9.17) is 5.11 Å². The number of carbonyl (C=O) groups is 2. The van der Waals surface area contributed by atoms with E-state index in [1.54, 1.807) is 6.07 Å². The van der Waals surface area contributed by atoms with Crippen LogP contribution in [0.5, 0.6) is 0 Å². The minimum atomic E-state index is -0.207. The number of nitrogens with one attached hydrogen (secondary N) is 2. The predicted octanol–water partition coefficient (Wildman–Crippen LogP) is 1.11. The van der Waals surface area contributed by atoms with Crippen LogP contribution in [0, 0.1) is 0 Å². The molecule has 0 aliphatic carbocycles. The monoisotopic (exact) mass is 238 g/mol. The number of hydrogen-bond acceptors (Lipinski definition) is 3. The first-order chi connectivity index (χ1) is 8.15. The highest BCUT2D eigenvalue weighted by Gasteiger charge is 2.09. The SMILES string of the molecule is CC(=O)c1c[nH]c(C(=O)NCCCCCO)c1. The zero-order chi connectivity index (χ0) is 12.7. The molecule has 94 valence electrons. The molecule has 1 heterocycles. The number of rotatable bonds is 7. The number of aromatic amines is 1. The van der Waals surface area contributed by atoms with Gasteiger partial charge in [0.05, 0.1) is 0 Å². The first-order valence-electron chi connectivity index (χ1n) is 5.73. The van der Waals surface area contributed by atoms with Crippen molar-refractivity contribution in [3.8, 4) is 0 Å². The van der Waals surface area contributed by atoms with Crippen LogP contribution in [0.3, 0.4) is 0 Å². The van der Waals surface area contributed by atoms with Crippen molar-refractivity contribution in [3.05, 3.63) is 23.5 Å². The zero-order valence-corrected chi connectivity index (χ0v) is 9.95. The molecule has 5 nitrogen and oxygen atoms in total. The summed E-state index contributed by atoms with van der Waals surface area (Å²) in [6.45, 7) is 2.22. The number of ketones is 1. The number of hydrogen-bond donors (Lipinski definition) is 3. The van der Waals surface area contributed by atoms with E-state index in [1.807, 2.05) is 0 Å². The van der Waals surface area contributed by atoms with Gasteiger partial charge in [0.1, 0.15) is 5.69 Å². The molecule has 0 saturated heterocycles. The van der Waals surface area contributed by atoms with Gasteiger partial charge in [0.15, 0.2) is 5.78 Å². The minimum Gasteiger partial charge on any atom is -0.396 e. The molecule has 0 bridgehead atoms. The van der Waals surface area contributed by atoms with Crippen LogP contribution in [0.15, 0.2) is 12.3 Å². The number of aliphatic hydroxyl groups excluding tert-OH is 1. The Hall–Kier alpha value is -1.62. The number of unbranched alkanes of at least 4 members (excludes halogenated alkanes) is 2. The second kappa shape index (κ2) is 6.85. The normalized spacial score (nSPS) is 10.2. The Labute approximate surface area is 100 Å². The highest BCUT2D eigenvalue weighted by molar-refractivity contribution is 5.98. The summed E-state index contributed by atoms with van der Waals surface area (Å²) in [5, 5.41) is 11.3. The zero-order valence-electron chi connectivity index (χ0n) is 9.95. The lowest BCUT2D eigenvalue weighted by Gasteiger charge is -2.02. The molecule has 0 radical (unpaired) electrons. The summed E-state index contributed by atoms with van der Waals surface area (Å²) in [6, 6.07) is 1.55. The van der Waals surface area contributed by atoms with E-state index in [1.165, 1.54) is 13.1 Å². The van der Waals surface area contributed by atoms with Crippen LogP contribution < -0.4 is 5.32 Å². The fraction of sp³-hybridized carbons (Fsp3) is 0.500. The van der Waals surface area contributed by atoms with Gasteiger partial charge in [-0.3, -0.25) is 9.59 Å². The lowest BCUT2D eigenvalue weighted by Crippen LogP contribution is -2.24. The summed E-state index contributed by atoms with van der Waals surface area (Å²) in [6.07, 6.45) is 4.02. The molecule has 17 heavy (non-hydrogen) atoms. The van der Waals surface area contributed by atoms with Crippen molar-refractivity contribution in [1.82, 2.24) is 10.3 Å². The van der Waals surface area contributed by atoms with E-state index in [2.05, 4.69) is 10.3 Å². The summed E-state index contributed by atoms with van der Waals surface area (Å²) >= 11 is 0. The van der Waals surface area contributed by atoms with E-state index in [0.29, 0.717) is 17.8 Å². The molecule has 0 saturated carbocycles. The molecule has 0 spiro atoms. The molecule has 0 fully saturated rings. The number of H-pyrrole nitrogens is 1. The van der Waals surface area contributed by atoms with Gasteiger partial charge in [0.25, 0.3) is 5.91 Å². The van der Waals surface area contributed by atoms with Crippen LogP contribution in [0.2, 0.25) is 0 Å². The van der Waals surface area contributed by atoms with Crippen molar-refractivity contribution in [2.24, 2.45) is 0 Å². The standard InChI is InChI=1S/C12H18N2O3/c1-9(16)10-7-11(14-8-10)12(17)13-5-3-2-4-6-15/h7-8,14-15H,2-6H2,1H3,(H,13,17). The Kier molecular flexibility index (Phi) is 5.42. The number of carbonyl (C=O) groups excluding carboxylic acids is 2. The number of aliphatic hydroxyl groups is 1. The van der Waals surface area contributed by atoms with Gasteiger partial charge in [-0.2, -0.15) is 0 Å². The largest absolute Gasteiger partial charge is 0.396 e. The van der Waals surface area contributed by atoms with Crippen molar-refractivity contribution in [3.63, 3.8) is 0 Å². The summed E-state index contributed by atoms with van der Waals surface area (Å²) < 4.78 is 0. The molecule has 5 heteroatoms. The van der Waals surface area contributed by atoms with Crippen molar-refractivity contribution in [2.75, 3.05) is 13.2 Å². The number of Topliss-reactive ketones (excluding diaryl/α,β-unsaturated/α-hetero) is 1. The van der Waals surface area contributed by atoms with Crippen LogP contribution in [-0.4, -0.2) is 34.9 Å². The predicted molar refractivity (Wildman–Crippen MR) is 64.1 cm³/mol. The third-order valence-corrected chi connectivity index (χ3v) is 2.45. The van der Waals surface area contributed by atoms with E-state index >= 15 is 0 Å². The highest BCUT2D eigenvalue weighted by Crippen LogP contribution is 2.04. The molecular formula is C12H18N2O3. The Morgan fingerprint density at radius 1 is 1.35 bits per heavy atom. The summed E-state index contributed by atoms with van der Waals surface area (Å²) in [5.41, 5.74) is 0.910. The Morgan fingerprint density at radius 3 is 2.71 bits per heavy atom. The van der Waals surface area contributed by atoms with E-state index in [0.717, 1.165) is 19.3 Å². The van der Waals surface area contributed by atoms with Crippen molar-refractivity contribution >= 4 is 11.7 Å². The maximum Gasteiger partial charge on any atom is 0.267 e. The van der Waals surface area contributed by atoms with Gasteiger partial charge in [-0.15, -0.1) is 0 Å². The maximum atomic E-state index is 11.6. The van der Waals surface area contributed by atoms with Gasteiger partial charge in [0, 0.05) is 24.9 Å². The molecular weight excluding hydrogens is 220 g/mol. The molecule has 1 aromatic rings. The van der Waals surface area contributed by atoms with E-state index < -0.39 is 0 Å². The Balaban J connectivity index is 2.34. The molecule has 0 atom stereocenters. The molecule has 0 aliphatic heterocycles. The molecule has 1 aromatic heterocycles. The van der Waals surface area contributed by atoms with E-state index in [-0.39, 0.29) is 18.3 Å². The fourth-order valence-corrected chi connectivity index (χ4v) is 1.44. The number of amides is 1. The second-order valence-electron chi connectivity index (χ2n) is 3.90. The summed E-state index contributed by atoms with van der Waals surface area (Å²) in [4.78, 5) is 25.4. The van der Waals surface area contributed by atoms with Crippen LogP contribution >= 0.6 is 0 Å². The first-order valence-corrected chi connectivity index (χ1v) is 5.73. The van der Waals surface area contributed by atoms with Crippen molar-refractivity contribution in [1.29, 1.82) is 0 Å². The van der Waals surface area contributed by atoms with Gasteiger partial charge in [0.2, 0.25) is 0 Å². The molecule has 0 aromatic carbocycles. The average Bonchev–Trinajstić information content (AvgIpc) is 2.78. The minimum absolute atomic E-state index is 0.0664. The van der Waals surface area contributed by atoms with E-state index in [9.17, 15) is 9.59 Å². The summed E-state index contributed by atoms with van der Waals surface area (Å²) in [7, 11) is 0. The Morgan fingerprint density at radius 2 is 2.12 bits per heavy atom. The van der Waals surface area contributed by atoms with Gasteiger partial charge in [-0.1, -0.05) is 0 Å². The van der Waals surface area contributed by atoms with Crippen LogP contribution in [0.25, 0.3) is 0 Å². The van der Waals surface area contributed by atoms with Gasteiger partial charge >= 0.3 is 0 Å².